The molecule has 4 rings (SSSR count). The molecule has 0 aliphatic heterocycles. The van der Waals surface area contributed by atoms with E-state index in [4.69, 9.17) is 39.5 Å². The predicted octanol–water partition coefficient (Wildman–Crippen LogP) is 6.72. The van der Waals surface area contributed by atoms with Crippen LogP contribution in [-0.2, 0) is 17.9 Å². The SMILES string of the molecule is CCn1c(COc2cccc3ccccc23)nnc1SCC(=O)Nc1cc(Cl)c(Cl)cc1Cl. The average molecular weight is 522 g/mol. The number of nitrogens with zero attached hydrogens (tertiary/aromatic N) is 3. The predicted molar refractivity (Wildman–Crippen MR) is 135 cm³/mol. The number of aromatic nitrogens is 3. The van der Waals surface area contributed by atoms with E-state index in [2.05, 4.69) is 15.5 Å². The lowest BCUT2D eigenvalue weighted by Gasteiger charge is -2.11. The van der Waals surface area contributed by atoms with Gasteiger partial charge in [0.25, 0.3) is 0 Å². The van der Waals surface area contributed by atoms with E-state index in [0.717, 1.165) is 16.5 Å². The summed E-state index contributed by atoms with van der Waals surface area (Å²) in [6, 6.07) is 17.0. The van der Waals surface area contributed by atoms with Crippen LogP contribution in [0, 0.1) is 0 Å². The Morgan fingerprint density at radius 2 is 1.79 bits per heavy atom. The fourth-order valence-electron chi connectivity index (χ4n) is 3.25. The third kappa shape index (κ3) is 5.55. The monoisotopic (exact) mass is 520 g/mol. The molecule has 0 aliphatic carbocycles. The van der Waals surface area contributed by atoms with Gasteiger partial charge in [-0.2, -0.15) is 0 Å². The highest BCUT2D eigenvalue weighted by Crippen LogP contribution is 2.32. The highest BCUT2D eigenvalue weighted by molar-refractivity contribution is 7.99. The number of amides is 1. The number of rotatable bonds is 8. The summed E-state index contributed by atoms with van der Waals surface area (Å²) < 4.78 is 7.98. The van der Waals surface area contributed by atoms with Crippen LogP contribution in [-0.4, -0.2) is 26.4 Å². The Kier molecular flexibility index (Phi) is 7.65. The van der Waals surface area contributed by atoms with Crippen LogP contribution in [0.4, 0.5) is 5.69 Å². The number of halogens is 3. The van der Waals surface area contributed by atoms with E-state index in [-0.39, 0.29) is 18.3 Å². The number of hydrogen-bond acceptors (Lipinski definition) is 5. The average Bonchev–Trinajstić information content (AvgIpc) is 3.21. The van der Waals surface area contributed by atoms with Gasteiger partial charge in [0.05, 0.1) is 26.5 Å². The Hall–Kier alpha value is -2.45. The molecule has 4 aromatic rings. The smallest absolute Gasteiger partial charge is 0.234 e. The van der Waals surface area contributed by atoms with E-state index < -0.39 is 0 Å². The van der Waals surface area contributed by atoms with E-state index in [1.807, 2.05) is 54.0 Å². The number of fused-ring (bicyclic) bond motifs is 1. The summed E-state index contributed by atoms with van der Waals surface area (Å²) in [5.74, 6) is 1.34. The molecule has 1 aromatic heterocycles. The second-order valence-electron chi connectivity index (χ2n) is 6.99. The van der Waals surface area contributed by atoms with Gasteiger partial charge in [-0.25, -0.2) is 0 Å². The molecule has 0 spiro atoms. The van der Waals surface area contributed by atoms with Gasteiger partial charge in [-0.3, -0.25) is 4.79 Å². The number of hydrogen-bond donors (Lipinski definition) is 1. The van der Waals surface area contributed by atoms with Crippen molar-refractivity contribution in [1.29, 1.82) is 0 Å². The zero-order valence-corrected chi connectivity index (χ0v) is 20.6. The van der Waals surface area contributed by atoms with E-state index in [1.165, 1.54) is 23.9 Å². The van der Waals surface area contributed by atoms with Crippen LogP contribution in [0.15, 0.2) is 59.8 Å². The van der Waals surface area contributed by atoms with Crippen molar-refractivity contribution in [2.45, 2.75) is 25.2 Å². The van der Waals surface area contributed by atoms with Gasteiger partial charge in [0.1, 0.15) is 12.4 Å². The molecule has 10 heteroatoms. The molecule has 170 valence electrons. The first kappa shape index (κ1) is 23.7. The van der Waals surface area contributed by atoms with Crippen molar-refractivity contribution >= 4 is 68.9 Å². The molecule has 1 amide bonds. The maximum Gasteiger partial charge on any atom is 0.234 e. The minimum absolute atomic E-state index is 0.124. The minimum atomic E-state index is -0.250. The molecule has 1 N–H and O–H groups in total. The lowest BCUT2D eigenvalue weighted by atomic mass is 10.1. The van der Waals surface area contributed by atoms with Gasteiger partial charge in [-0.15, -0.1) is 10.2 Å². The summed E-state index contributed by atoms with van der Waals surface area (Å²) >= 11 is 19.3. The highest BCUT2D eigenvalue weighted by atomic mass is 35.5. The Balaban J connectivity index is 1.40. The summed E-state index contributed by atoms with van der Waals surface area (Å²) in [6.45, 7) is 2.90. The molecular formula is C23H19Cl3N4O2S. The second kappa shape index (κ2) is 10.7. The van der Waals surface area contributed by atoms with Crippen LogP contribution in [0.3, 0.4) is 0 Å². The molecule has 0 aliphatic rings. The van der Waals surface area contributed by atoms with E-state index in [9.17, 15) is 4.79 Å². The Morgan fingerprint density at radius 3 is 2.61 bits per heavy atom. The van der Waals surface area contributed by atoms with Crippen LogP contribution < -0.4 is 10.1 Å². The second-order valence-corrected chi connectivity index (χ2v) is 9.16. The van der Waals surface area contributed by atoms with Gasteiger partial charge in [0.15, 0.2) is 11.0 Å². The third-order valence-corrected chi connectivity index (χ3v) is 6.83. The van der Waals surface area contributed by atoms with Crippen molar-refractivity contribution in [2.75, 3.05) is 11.1 Å². The number of thioether (sulfide) groups is 1. The molecule has 0 bridgehead atoms. The molecule has 33 heavy (non-hydrogen) atoms. The Labute approximate surface area is 210 Å². The normalized spacial score (nSPS) is 11.0. The first-order valence-corrected chi connectivity index (χ1v) is 12.2. The molecule has 6 nitrogen and oxygen atoms in total. The first-order valence-electron chi connectivity index (χ1n) is 10.1. The number of carbonyl (C=O) groups excluding carboxylic acids is 1. The third-order valence-electron chi connectivity index (χ3n) is 4.83. The largest absolute Gasteiger partial charge is 0.485 e. The zero-order chi connectivity index (χ0) is 23.4. The van der Waals surface area contributed by atoms with Crippen molar-refractivity contribution < 1.29 is 9.53 Å². The van der Waals surface area contributed by atoms with Gasteiger partial charge < -0.3 is 14.6 Å². The summed E-state index contributed by atoms with van der Waals surface area (Å²) in [5.41, 5.74) is 0.401. The van der Waals surface area contributed by atoms with E-state index >= 15 is 0 Å². The summed E-state index contributed by atoms with van der Waals surface area (Å²) in [6.07, 6.45) is 0. The van der Waals surface area contributed by atoms with Crippen LogP contribution >= 0.6 is 46.6 Å². The molecule has 0 saturated carbocycles. The van der Waals surface area contributed by atoms with Gasteiger partial charge in [-0.1, -0.05) is 83.0 Å². The number of carbonyl (C=O) groups is 1. The number of ether oxygens (including phenoxy) is 1. The molecule has 0 saturated heterocycles. The van der Waals surface area contributed by atoms with Gasteiger partial charge in [0.2, 0.25) is 5.91 Å². The van der Waals surface area contributed by atoms with Crippen LogP contribution in [0.5, 0.6) is 5.75 Å². The summed E-state index contributed by atoms with van der Waals surface area (Å²) in [5, 5.41) is 15.0. The van der Waals surface area contributed by atoms with Gasteiger partial charge >= 0.3 is 0 Å². The number of benzene rings is 3. The molecule has 0 radical (unpaired) electrons. The molecule has 0 unspecified atom stereocenters. The van der Waals surface area contributed by atoms with Crippen LogP contribution in [0.25, 0.3) is 10.8 Å². The van der Waals surface area contributed by atoms with Crippen molar-refractivity contribution in [3.63, 3.8) is 0 Å². The first-order chi connectivity index (χ1) is 16.0. The maximum atomic E-state index is 12.4. The number of anilines is 1. The summed E-state index contributed by atoms with van der Waals surface area (Å²) in [4.78, 5) is 12.4. The van der Waals surface area contributed by atoms with Crippen LogP contribution in [0.2, 0.25) is 15.1 Å². The topological polar surface area (TPSA) is 69.0 Å². The lowest BCUT2D eigenvalue weighted by Crippen LogP contribution is -2.15. The van der Waals surface area contributed by atoms with Crippen molar-refractivity contribution in [3.05, 3.63) is 75.5 Å². The molecule has 0 atom stereocenters. The zero-order valence-electron chi connectivity index (χ0n) is 17.5. The summed E-state index contributed by atoms with van der Waals surface area (Å²) in [7, 11) is 0. The standard InChI is InChI=1S/C23H19Cl3N4O2S/c1-2-30-21(12-32-20-9-5-7-14-6-3-4-8-15(14)20)28-29-23(30)33-13-22(31)27-19-11-17(25)16(24)10-18(19)26/h3-11H,2,12-13H2,1H3,(H,27,31). The van der Waals surface area contributed by atoms with Gasteiger partial charge in [0, 0.05) is 11.9 Å². The van der Waals surface area contributed by atoms with E-state index in [0.29, 0.717) is 38.3 Å². The van der Waals surface area contributed by atoms with E-state index in [1.54, 1.807) is 0 Å². The Morgan fingerprint density at radius 1 is 1.03 bits per heavy atom. The number of nitrogens with one attached hydrogen (secondary N) is 1. The van der Waals surface area contributed by atoms with Crippen molar-refractivity contribution in [3.8, 4) is 5.75 Å². The molecule has 1 heterocycles. The molecule has 0 fully saturated rings. The minimum Gasteiger partial charge on any atom is -0.485 e. The Bertz CT molecular complexity index is 1310. The van der Waals surface area contributed by atoms with Gasteiger partial charge in [-0.05, 0) is 30.5 Å². The quantitative estimate of drug-likeness (QED) is 0.206. The lowest BCUT2D eigenvalue weighted by molar-refractivity contribution is -0.113. The fourth-order valence-corrected chi connectivity index (χ4v) is 4.66. The fraction of sp³-hybridized carbons (Fsp3) is 0.174. The maximum absolute atomic E-state index is 12.4. The van der Waals surface area contributed by atoms with Crippen molar-refractivity contribution in [1.82, 2.24) is 14.8 Å². The van der Waals surface area contributed by atoms with Crippen LogP contribution in [0.1, 0.15) is 12.7 Å². The highest BCUT2D eigenvalue weighted by Gasteiger charge is 2.15. The molecule has 3 aromatic carbocycles. The van der Waals surface area contributed by atoms with Crippen molar-refractivity contribution in [2.24, 2.45) is 0 Å². The molecular weight excluding hydrogens is 503 g/mol.